The van der Waals surface area contributed by atoms with Crippen LogP contribution in [-0.4, -0.2) is 35.4 Å². The van der Waals surface area contributed by atoms with E-state index in [-0.39, 0.29) is 22.1 Å². The fourth-order valence-electron chi connectivity index (χ4n) is 3.47. The molecule has 2 heterocycles. The fourth-order valence-corrected chi connectivity index (χ4v) is 5.30. The van der Waals surface area contributed by atoms with Crippen LogP contribution in [0.2, 0.25) is 0 Å². The van der Waals surface area contributed by atoms with Crippen LogP contribution in [0.1, 0.15) is 22.3 Å². The molecule has 2 aliphatic rings. The van der Waals surface area contributed by atoms with Crippen molar-refractivity contribution in [2.75, 3.05) is 0 Å². The summed E-state index contributed by atoms with van der Waals surface area (Å²) in [7, 11) is -3.97. The summed E-state index contributed by atoms with van der Waals surface area (Å²) in [5.41, 5.74) is 3.60. The largest absolute Gasteiger partial charge is 0.379 e. The molecule has 1 amide bonds. The van der Waals surface area contributed by atoms with Crippen LogP contribution in [-0.2, 0) is 14.9 Å². The summed E-state index contributed by atoms with van der Waals surface area (Å²) in [6.07, 6.45) is 1.52. The number of hydrazone groups is 1. The minimum Gasteiger partial charge on any atom is -0.379 e. The zero-order chi connectivity index (χ0) is 25.4. The maximum Gasteiger partial charge on any atom is 0.339 e. The normalized spacial score (nSPS) is 16.6. The first-order valence-corrected chi connectivity index (χ1v) is 13.1. The second kappa shape index (κ2) is 9.21. The van der Waals surface area contributed by atoms with E-state index in [4.69, 9.17) is 9.59 Å². The van der Waals surface area contributed by atoms with Crippen molar-refractivity contribution in [3.05, 3.63) is 101 Å². The Morgan fingerprint density at radius 1 is 0.917 bits per heavy atom. The van der Waals surface area contributed by atoms with Gasteiger partial charge >= 0.3 is 10.1 Å². The van der Waals surface area contributed by atoms with Gasteiger partial charge in [0, 0.05) is 5.56 Å². The number of fused-ring (bicyclic) bond motifs is 1. The van der Waals surface area contributed by atoms with Crippen molar-refractivity contribution in [1.82, 2.24) is 5.01 Å². The number of hydrogen-bond donors (Lipinski definition) is 1. The molecule has 0 bridgehead atoms. The summed E-state index contributed by atoms with van der Waals surface area (Å²) >= 11 is 1.24. The summed E-state index contributed by atoms with van der Waals surface area (Å²) in [6, 6.07) is 20.4. The molecular weight excluding hydrogens is 496 g/mol. The Labute approximate surface area is 212 Å². The molecule has 0 saturated carbocycles. The number of nitrogens with one attached hydrogen (secondary N) is 1. The summed E-state index contributed by atoms with van der Waals surface area (Å²) in [6.45, 7) is 3.86. The number of thioether (sulfide) groups is 1. The Bertz CT molecular complexity index is 1570. The van der Waals surface area contributed by atoms with Gasteiger partial charge in [-0.15, -0.1) is 0 Å². The molecule has 3 aromatic carbocycles. The van der Waals surface area contributed by atoms with E-state index < -0.39 is 16.0 Å². The first-order chi connectivity index (χ1) is 17.2. The zero-order valence-electron chi connectivity index (χ0n) is 19.3. The molecule has 180 valence electrons. The lowest BCUT2D eigenvalue weighted by Crippen LogP contribution is -2.35. The second-order valence-corrected chi connectivity index (χ2v) is 10.7. The van der Waals surface area contributed by atoms with Crippen LogP contribution in [0.15, 0.2) is 93.4 Å². The maximum absolute atomic E-state index is 12.7. The summed E-state index contributed by atoms with van der Waals surface area (Å²) in [5, 5.41) is 15.4. The molecule has 1 N–H and O–H groups in total. The van der Waals surface area contributed by atoms with E-state index in [1.54, 1.807) is 24.3 Å². The van der Waals surface area contributed by atoms with Crippen molar-refractivity contribution >= 4 is 49.9 Å². The lowest BCUT2D eigenvalue weighted by atomic mass is 10.1. The third kappa shape index (κ3) is 4.73. The molecule has 0 spiro atoms. The monoisotopic (exact) mass is 516 g/mol. The number of benzene rings is 3. The van der Waals surface area contributed by atoms with Gasteiger partial charge in [-0.05, 0) is 61.5 Å². The molecule has 0 aromatic heterocycles. The van der Waals surface area contributed by atoms with E-state index in [2.05, 4.69) is 10.1 Å². The Balaban J connectivity index is 1.35. The number of amides is 1. The minimum atomic E-state index is -3.97. The van der Waals surface area contributed by atoms with Crippen LogP contribution in [0.5, 0.6) is 5.75 Å². The predicted molar refractivity (Wildman–Crippen MR) is 141 cm³/mol. The second-order valence-electron chi connectivity index (χ2n) is 8.21. The SMILES string of the molecule is Cc1ccc(C2=NN3C(=N)C(=Cc4ccc(OS(=O)(=O)c5ccc(C)cc5)cc4)C(=O)N=C3S2)cc1. The molecule has 10 heteroatoms. The number of nitrogens with zero attached hydrogens (tertiary/aromatic N) is 3. The quantitative estimate of drug-likeness (QED) is 0.387. The molecule has 5 rings (SSSR count). The minimum absolute atomic E-state index is 0.0586. The number of carbonyl (C=O) groups is 1. The van der Waals surface area contributed by atoms with E-state index in [0.717, 1.165) is 16.7 Å². The predicted octanol–water partition coefficient (Wildman–Crippen LogP) is 4.74. The number of rotatable bonds is 5. The molecule has 2 aliphatic heterocycles. The van der Waals surface area contributed by atoms with Crippen molar-refractivity contribution in [3.63, 3.8) is 0 Å². The molecule has 0 aliphatic carbocycles. The van der Waals surface area contributed by atoms with Gasteiger partial charge in [-0.25, -0.2) is 0 Å². The Morgan fingerprint density at radius 3 is 2.17 bits per heavy atom. The van der Waals surface area contributed by atoms with Gasteiger partial charge in [0.25, 0.3) is 5.91 Å². The van der Waals surface area contributed by atoms with Gasteiger partial charge < -0.3 is 4.18 Å². The highest BCUT2D eigenvalue weighted by molar-refractivity contribution is 8.27. The smallest absolute Gasteiger partial charge is 0.339 e. The molecular formula is C26H20N4O4S2. The molecule has 36 heavy (non-hydrogen) atoms. The summed E-state index contributed by atoms with van der Waals surface area (Å²) < 4.78 is 30.2. The van der Waals surface area contributed by atoms with Crippen molar-refractivity contribution in [2.45, 2.75) is 18.7 Å². The van der Waals surface area contributed by atoms with Crippen LogP contribution >= 0.6 is 11.8 Å². The fraction of sp³-hybridized carbons (Fsp3) is 0.0769. The highest BCUT2D eigenvalue weighted by Gasteiger charge is 2.36. The molecule has 0 radical (unpaired) electrons. The van der Waals surface area contributed by atoms with E-state index in [1.165, 1.54) is 47.1 Å². The maximum atomic E-state index is 12.7. The van der Waals surface area contributed by atoms with Crippen molar-refractivity contribution in [3.8, 4) is 5.75 Å². The standard InChI is InChI=1S/C26H20N4O4S2/c1-16-3-9-19(10-4-16)25-29-30-23(27)22(24(31)28-26(30)35-25)15-18-7-11-20(12-8-18)34-36(32,33)21-13-5-17(2)6-14-21/h3-15,27H,1-2H3. The van der Waals surface area contributed by atoms with E-state index in [1.807, 2.05) is 38.1 Å². The Hall–Kier alpha value is -4.02. The van der Waals surface area contributed by atoms with Crippen molar-refractivity contribution in [2.24, 2.45) is 10.1 Å². The molecule has 0 fully saturated rings. The number of aryl methyl sites for hydroxylation is 2. The lowest BCUT2D eigenvalue weighted by molar-refractivity contribution is -0.114. The average molecular weight is 517 g/mol. The Morgan fingerprint density at radius 2 is 1.53 bits per heavy atom. The van der Waals surface area contributed by atoms with Gasteiger partial charge in [0.05, 0.1) is 5.57 Å². The highest BCUT2D eigenvalue weighted by Crippen LogP contribution is 2.31. The van der Waals surface area contributed by atoms with Gasteiger partial charge in [-0.3, -0.25) is 10.2 Å². The molecule has 8 nitrogen and oxygen atoms in total. The van der Waals surface area contributed by atoms with Crippen LogP contribution in [0.3, 0.4) is 0 Å². The molecule has 0 saturated heterocycles. The van der Waals surface area contributed by atoms with Crippen molar-refractivity contribution in [1.29, 1.82) is 5.41 Å². The van der Waals surface area contributed by atoms with Crippen molar-refractivity contribution < 1.29 is 17.4 Å². The van der Waals surface area contributed by atoms with E-state index >= 15 is 0 Å². The van der Waals surface area contributed by atoms with Crippen LogP contribution in [0, 0.1) is 19.3 Å². The highest BCUT2D eigenvalue weighted by atomic mass is 32.2. The molecule has 0 atom stereocenters. The molecule has 0 unspecified atom stereocenters. The van der Waals surface area contributed by atoms with Gasteiger partial charge in [0.1, 0.15) is 15.7 Å². The average Bonchev–Trinajstić information content (AvgIpc) is 3.27. The Kier molecular flexibility index (Phi) is 6.07. The number of hydrogen-bond acceptors (Lipinski definition) is 7. The summed E-state index contributed by atoms with van der Waals surface area (Å²) in [4.78, 5) is 16.9. The number of amidine groups is 2. The molecule has 3 aromatic rings. The number of aliphatic imine (C=N–C) groups is 1. The third-order valence-corrected chi connectivity index (χ3v) is 7.68. The third-order valence-electron chi connectivity index (χ3n) is 5.46. The lowest BCUT2D eigenvalue weighted by Gasteiger charge is -2.20. The van der Waals surface area contributed by atoms with E-state index in [0.29, 0.717) is 15.8 Å². The van der Waals surface area contributed by atoms with Crippen LogP contribution in [0.4, 0.5) is 0 Å². The van der Waals surface area contributed by atoms with Gasteiger partial charge in [-0.1, -0.05) is 59.7 Å². The van der Waals surface area contributed by atoms with E-state index in [9.17, 15) is 13.2 Å². The van der Waals surface area contributed by atoms with Gasteiger partial charge in [-0.2, -0.15) is 23.5 Å². The van der Waals surface area contributed by atoms with Gasteiger partial charge in [0.2, 0.25) is 5.17 Å². The van der Waals surface area contributed by atoms with Crippen LogP contribution < -0.4 is 4.18 Å². The van der Waals surface area contributed by atoms with Crippen LogP contribution in [0.25, 0.3) is 6.08 Å². The van der Waals surface area contributed by atoms with Gasteiger partial charge in [0.15, 0.2) is 5.84 Å². The first-order valence-electron chi connectivity index (χ1n) is 10.9. The topological polar surface area (TPSA) is 112 Å². The first kappa shape index (κ1) is 23.7. The number of carbonyl (C=O) groups excluding carboxylic acids is 1. The zero-order valence-corrected chi connectivity index (χ0v) is 20.9. The summed E-state index contributed by atoms with van der Waals surface area (Å²) in [5.74, 6) is -0.491.